The minimum atomic E-state index is -5.80. The number of carbonyl (C=O) groups excluding carboxylic acids is 3. The number of carboxylic acids is 1. The number of nitrogens with two attached hydrogens (primary N) is 2. The van der Waals surface area contributed by atoms with Gasteiger partial charge in [-0.2, -0.15) is 30.4 Å². The van der Waals surface area contributed by atoms with Crippen LogP contribution in [0.5, 0.6) is 0 Å². The molecule has 45 heteroatoms. The van der Waals surface area contributed by atoms with E-state index in [1.807, 2.05) is 13.8 Å². The highest BCUT2D eigenvalue weighted by atomic mass is 33.1. The molecular formula is C52H67N8O30P3S4. The second-order valence-electron chi connectivity index (χ2n) is 20.6. The van der Waals surface area contributed by atoms with Crippen molar-refractivity contribution in [2.45, 2.75) is 72.5 Å². The molecule has 1 saturated heterocycles. The summed E-state index contributed by atoms with van der Waals surface area (Å²) in [4.78, 5) is 102. The van der Waals surface area contributed by atoms with Gasteiger partial charge >= 0.3 is 47.3 Å². The average Bonchev–Trinajstić information content (AvgIpc) is 1.05. The minimum Gasteiger partial charge on any atom is -0.478 e. The average molecular weight is 1510 g/mol. The van der Waals surface area contributed by atoms with Crippen molar-refractivity contribution in [3.8, 4) is 34.3 Å². The Hall–Kier alpha value is -6.46. The van der Waals surface area contributed by atoms with Gasteiger partial charge < -0.3 is 89.7 Å². The van der Waals surface area contributed by atoms with E-state index in [2.05, 4.69) is 45.9 Å². The van der Waals surface area contributed by atoms with Crippen LogP contribution in [0, 0.1) is 17.3 Å². The van der Waals surface area contributed by atoms with Gasteiger partial charge in [-0.25, -0.2) is 32.9 Å². The monoisotopic (exact) mass is 1500 g/mol. The highest BCUT2D eigenvalue weighted by Crippen LogP contribution is 2.66. The quantitative estimate of drug-likeness (QED) is 0.00514. The molecule has 0 radical (unpaired) electrons. The summed E-state index contributed by atoms with van der Waals surface area (Å²) in [6.07, 6.45) is -2.25. The molecular weight excluding hydrogens is 1440 g/mol. The van der Waals surface area contributed by atoms with E-state index < -0.39 is 137 Å². The lowest BCUT2D eigenvalue weighted by Gasteiger charge is -2.22. The van der Waals surface area contributed by atoms with Crippen molar-refractivity contribution in [3.63, 3.8) is 0 Å². The normalized spacial score (nSPS) is 16.4. The van der Waals surface area contributed by atoms with Crippen molar-refractivity contribution < 1.29 is 134 Å². The molecule has 5 atom stereocenters. The summed E-state index contributed by atoms with van der Waals surface area (Å²) < 4.78 is 161. The van der Waals surface area contributed by atoms with E-state index in [9.17, 15) is 78.5 Å². The Morgan fingerprint density at radius 2 is 1.53 bits per heavy atom. The van der Waals surface area contributed by atoms with Gasteiger partial charge in [0.25, 0.3) is 26.1 Å². The molecule has 0 spiro atoms. The number of fused-ring (bicyclic) bond motifs is 2. The van der Waals surface area contributed by atoms with Crippen LogP contribution in [0.2, 0.25) is 0 Å². The molecule has 1 aromatic heterocycles. The van der Waals surface area contributed by atoms with Gasteiger partial charge in [0.1, 0.15) is 29.0 Å². The number of carboxylic acid groups (broad SMARTS) is 1. The van der Waals surface area contributed by atoms with Crippen LogP contribution in [-0.2, 0) is 80.2 Å². The Balaban J connectivity index is 0.800. The number of ether oxygens (including phenoxy) is 7. The van der Waals surface area contributed by atoms with Crippen molar-refractivity contribution in [1.82, 2.24) is 25.5 Å². The summed E-state index contributed by atoms with van der Waals surface area (Å²) in [5, 5.41) is 25.1. The lowest BCUT2D eigenvalue weighted by Crippen LogP contribution is -2.31. The molecule has 3 amide bonds. The molecule has 97 heavy (non-hydrogen) atoms. The van der Waals surface area contributed by atoms with Crippen molar-refractivity contribution in [2.24, 2.45) is 5.73 Å². The fraction of sp³-hybridized carbons (Fsp3) is 0.442. The maximum atomic E-state index is 13.4. The summed E-state index contributed by atoms with van der Waals surface area (Å²) in [5.41, 5.74) is 8.78. The largest absolute Gasteiger partial charge is 0.490 e. The Labute approximate surface area is 559 Å². The molecule has 3 heterocycles. The number of benzene rings is 3. The highest BCUT2D eigenvalue weighted by molar-refractivity contribution is 8.77. The number of nitrogen functional groups attached to an aromatic ring is 1. The van der Waals surface area contributed by atoms with Crippen molar-refractivity contribution >= 4 is 106 Å². The Bertz CT molecular complexity index is 4210. The minimum absolute atomic E-state index is 0.0104. The van der Waals surface area contributed by atoms with E-state index in [0.717, 1.165) is 28.8 Å². The number of phosphoric acid groups is 3. The Morgan fingerprint density at radius 1 is 0.845 bits per heavy atom. The standard InChI is InChI=1S/C52H67N8O30P3S4/c1-52(2,95-94-30-82-18-3-4-19-83-50(65)57-15-6-7-32-27-60(49(64)59-46(32)55)41-26-38(85-29-53)39(87-41)28-86-92(70,71)90-93(72,73)89-91(67,68)69)14-20-84-51(66)58-17-22-81-24-23-80-21-16-56-47(61)31-10-11-33(48(62)63)36(25-31)42-34-8-5-9-40(96(74,75)76)43(34)88-44-35(42)12-13-37(54)45(44)97(77,78)79/h5,8-13,25,27,38-39,41,54H,3-4,14-24,26,28-30,53H2,1-2H3,(H,56,61)(H,57,65)(H,58,66)(H,62,63)(H,70,71)(H,72,73)(H2,55,59,64)(H2,67,68,69)(H,74,75,76)(H,77,78,79)/t38?,39-,41-/m1/s1. The van der Waals surface area contributed by atoms with Crippen LogP contribution in [0.3, 0.4) is 0 Å². The Morgan fingerprint density at radius 3 is 2.20 bits per heavy atom. The third kappa shape index (κ3) is 24.7. The van der Waals surface area contributed by atoms with Crippen LogP contribution in [0.15, 0.2) is 73.7 Å². The number of unbranched alkanes of at least 4 members (excludes halogenated alkanes) is 1. The van der Waals surface area contributed by atoms with Crippen LogP contribution in [0.1, 0.15) is 72.0 Å². The zero-order valence-electron chi connectivity index (χ0n) is 51.0. The second kappa shape index (κ2) is 35.5. The first kappa shape index (κ1) is 79.5. The first-order valence-corrected chi connectivity index (χ1v) is 37.9. The molecule has 15 N–H and O–H groups in total. The number of hydrogen-bond acceptors (Lipinski definition) is 29. The number of anilines is 1. The number of aromatic nitrogens is 2. The molecule has 6 rings (SSSR count). The number of carbonyl (C=O) groups is 4. The molecule has 2 aromatic carbocycles. The Kier molecular flexibility index (Phi) is 29.1. The molecule has 3 unspecified atom stereocenters. The predicted octanol–water partition coefficient (Wildman–Crippen LogP) is 3.52. The van der Waals surface area contributed by atoms with Crippen molar-refractivity contribution in [1.29, 1.82) is 5.41 Å². The van der Waals surface area contributed by atoms with Crippen molar-refractivity contribution in [2.75, 3.05) is 90.9 Å². The van der Waals surface area contributed by atoms with Crippen LogP contribution < -0.4 is 38.5 Å². The number of rotatable bonds is 37. The van der Waals surface area contributed by atoms with Crippen molar-refractivity contribution in [3.05, 3.63) is 87.3 Å². The molecule has 38 nitrogen and oxygen atoms in total. The molecule has 1 fully saturated rings. The predicted molar refractivity (Wildman–Crippen MR) is 339 cm³/mol. The number of phosphoric ester groups is 1. The number of hydrogen-bond donors (Lipinski definition) is 13. The third-order valence-electron chi connectivity index (χ3n) is 13.0. The summed E-state index contributed by atoms with van der Waals surface area (Å²) >= 11 is 0. The molecule has 0 bridgehead atoms. The van der Waals surface area contributed by atoms with Crippen LogP contribution in [0.25, 0.3) is 33.4 Å². The number of nitrogens with one attached hydrogen (secondary N) is 4. The molecule has 0 saturated carbocycles. The number of alkyl carbamates (subject to hydrolysis) is 2. The number of amides is 3. The lowest BCUT2D eigenvalue weighted by atomic mass is 9.89. The van der Waals surface area contributed by atoms with E-state index >= 15 is 0 Å². The van der Waals surface area contributed by atoms with Crippen LogP contribution in [-0.4, -0.2) is 186 Å². The van der Waals surface area contributed by atoms with E-state index in [4.69, 9.17) is 64.2 Å². The summed E-state index contributed by atoms with van der Waals surface area (Å²) in [6, 6.07) is 9.07. The van der Waals surface area contributed by atoms with E-state index in [0.29, 0.717) is 31.8 Å². The SMILES string of the molecule is CC(C)(CCOC(=O)NCCOCCOCCNC(=O)c1ccc(C(=O)O)c(-c2c3ccc(=N)c(S(=O)(=O)O)c-3oc3c(S(=O)(=O)O)cccc23)c1)SSCOCCCCOC(=O)NCC#Cc1cn([C@H]2CC(OCN)[C@@H](COP(=O)(O)OP(=O)(O)OP(=O)(O)O)O2)c(=O)nc1N. The first-order chi connectivity index (χ1) is 45.5. The lowest BCUT2D eigenvalue weighted by molar-refractivity contribution is -0.0601. The van der Waals surface area contributed by atoms with E-state index in [1.165, 1.54) is 41.3 Å². The summed E-state index contributed by atoms with van der Waals surface area (Å²) in [5.74, 6) is 2.46. The highest BCUT2D eigenvalue weighted by Gasteiger charge is 2.44. The number of aromatic carboxylic acids is 1. The number of para-hydroxylation sites is 1. The van der Waals surface area contributed by atoms with Crippen LogP contribution in [0.4, 0.5) is 15.4 Å². The topological polar surface area (TPSA) is 582 Å². The molecule has 3 aromatic rings. The van der Waals surface area contributed by atoms with Gasteiger partial charge in [0.15, 0.2) is 16.2 Å². The maximum Gasteiger partial charge on any atom is 0.490 e. The summed E-state index contributed by atoms with van der Waals surface area (Å²) in [7, 11) is -24.2. The van der Waals surface area contributed by atoms with E-state index in [-0.39, 0.29) is 109 Å². The first-order valence-electron chi connectivity index (χ1n) is 28.2. The van der Waals surface area contributed by atoms with Gasteiger partial charge in [0, 0.05) is 59.1 Å². The molecule has 534 valence electrons. The van der Waals surface area contributed by atoms with Crippen LogP contribution >= 0.6 is 45.1 Å². The zero-order chi connectivity index (χ0) is 71.5. The smallest absolute Gasteiger partial charge is 0.478 e. The fourth-order valence-electron chi connectivity index (χ4n) is 8.75. The van der Waals surface area contributed by atoms with Gasteiger partial charge in [-0.1, -0.05) is 45.6 Å². The third-order valence-corrected chi connectivity index (χ3v) is 21.6. The van der Waals surface area contributed by atoms with E-state index in [1.54, 1.807) is 10.8 Å². The molecule has 2 aliphatic heterocycles. The second-order valence-corrected chi connectivity index (χ2v) is 30.7. The van der Waals surface area contributed by atoms with Gasteiger partial charge in [-0.3, -0.25) is 28.4 Å². The van der Waals surface area contributed by atoms with Gasteiger partial charge in [-0.15, -0.1) is 0 Å². The maximum absolute atomic E-state index is 13.4. The molecule has 3 aliphatic rings. The summed E-state index contributed by atoms with van der Waals surface area (Å²) in [6.45, 7) is 3.49. The van der Waals surface area contributed by atoms with Gasteiger partial charge in [0.05, 0.1) is 82.1 Å². The van der Waals surface area contributed by atoms with Gasteiger partial charge in [0.2, 0.25) is 0 Å². The fourth-order valence-corrected chi connectivity index (χ4v) is 15.4. The van der Waals surface area contributed by atoms with Gasteiger partial charge in [-0.05, 0) is 75.1 Å². The zero-order valence-corrected chi connectivity index (χ0v) is 56.9. The number of nitrogens with zero attached hydrogens (tertiary/aromatic N) is 2. The molecule has 1 aliphatic carbocycles.